The minimum atomic E-state index is -2.23. The minimum absolute atomic E-state index is 0.0492. The zero-order valence-electron chi connectivity index (χ0n) is 18.5. The largest absolute Gasteiger partial charge is 0.462 e. The number of nitrogen functional groups attached to an aromatic ring is 1. The molecule has 5 N–H and O–H groups in total. The Morgan fingerprint density at radius 2 is 2.09 bits per heavy atom. The Morgan fingerprint density at radius 3 is 2.69 bits per heavy atom. The maximum atomic E-state index is 16.0. The Morgan fingerprint density at radius 1 is 1.41 bits per heavy atom. The molecule has 176 valence electrons. The normalized spacial score (nSPS) is 26.3. The van der Waals surface area contributed by atoms with Crippen molar-refractivity contribution in [2.45, 2.75) is 57.8 Å². The fourth-order valence-electron chi connectivity index (χ4n) is 3.52. The van der Waals surface area contributed by atoms with E-state index in [2.05, 4.69) is 20.3 Å². The van der Waals surface area contributed by atoms with Crippen molar-refractivity contribution in [3.8, 4) is 0 Å². The molecule has 12 nitrogen and oxygen atoms in total. The lowest BCUT2D eigenvalue weighted by Gasteiger charge is -2.27. The summed E-state index contributed by atoms with van der Waals surface area (Å²) in [5.41, 5.74) is 9.92. The van der Waals surface area contributed by atoms with Crippen LogP contribution in [-0.2, 0) is 23.8 Å². The average molecular weight is 453 g/mol. The number of fused-ring (bicyclic) bond motifs is 1. The van der Waals surface area contributed by atoms with Crippen LogP contribution >= 0.6 is 0 Å². The number of esters is 2. The number of nitrogens with two attached hydrogens (primary N) is 2. The minimum Gasteiger partial charge on any atom is -0.462 e. The van der Waals surface area contributed by atoms with Gasteiger partial charge >= 0.3 is 11.9 Å². The van der Waals surface area contributed by atoms with Gasteiger partial charge in [-0.3, -0.25) is 14.2 Å². The standard InChI is InChI=1S/C19H28FN7O5/c1-8(2)11(21)16(29)30-6-10-13(31-9(3)28)19(4,20)17(32-10)27-7-24-12-14(23-5)25-18(22)26-15(12)27/h7-8,10-11,13,17H,6,21H2,1-5H3,(H3,22,23,25,26)/t10-,11?,13-,17-,19-/m1/s1. The Hall–Kier alpha value is -3.06. The van der Waals surface area contributed by atoms with E-state index in [1.54, 1.807) is 20.9 Å². The fraction of sp³-hybridized carbons (Fsp3) is 0.632. The van der Waals surface area contributed by atoms with Gasteiger partial charge in [0.15, 0.2) is 35.0 Å². The van der Waals surface area contributed by atoms with Crippen LogP contribution in [-0.4, -0.2) is 69.0 Å². The Balaban J connectivity index is 1.94. The predicted octanol–water partition coefficient (Wildman–Crippen LogP) is 0.534. The summed E-state index contributed by atoms with van der Waals surface area (Å²) in [4.78, 5) is 36.3. The molecule has 0 radical (unpaired) electrons. The van der Waals surface area contributed by atoms with E-state index in [-0.39, 0.29) is 24.1 Å². The number of anilines is 2. The number of halogens is 1. The molecule has 1 fully saturated rings. The molecule has 0 bridgehead atoms. The molecule has 1 saturated heterocycles. The molecule has 32 heavy (non-hydrogen) atoms. The second kappa shape index (κ2) is 8.82. The van der Waals surface area contributed by atoms with Gasteiger partial charge in [0.1, 0.15) is 18.8 Å². The molecule has 1 aliphatic heterocycles. The van der Waals surface area contributed by atoms with Gasteiger partial charge in [-0.25, -0.2) is 9.37 Å². The van der Waals surface area contributed by atoms with Gasteiger partial charge < -0.3 is 31.0 Å². The molecular formula is C19H28FN7O5. The van der Waals surface area contributed by atoms with E-state index in [0.29, 0.717) is 11.3 Å². The molecule has 0 saturated carbocycles. The molecule has 3 rings (SSSR count). The van der Waals surface area contributed by atoms with Gasteiger partial charge in [0.25, 0.3) is 0 Å². The maximum Gasteiger partial charge on any atom is 0.323 e. The molecule has 3 heterocycles. The van der Waals surface area contributed by atoms with E-state index in [1.165, 1.54) is 17.8 Å². The number of rotatable bonds is 7. The Kier molecular flexibility index (Phi) is 6.51. The van der Waals surface area contributed by atoms with Crippen LogP contribution < -0.4 is 16.8 Å². The number of hydrogen-bond acceptors (Lipinski definition) is 11. The molecule has 0 aromatic carbocycles. The van der Waals surface area contributed by atoms with Crippen LogP contribution in [0.2, 0.25) is 0 Å². The Labute approximate surface area is 183 Å². The second-order valence-corrected chi connectivity index (χ2v) is 8.11. The van der Waals surface area contributed by atoms with E-state index in [9.17, 15) is 9.59 Å². The lowest BCUT2D eigenvalue weighted by Crippen LogP contribution is -2.45. The first-order chi connectivity index (χ1) is 15.0. The maximum absolute atomic E-state index is 16.0. The van der Waals surface area contributed by atoms with Crippen molar-refractivity contribution >= 4 is 34.9 Å². The zero-order valence-corrected chi connectivity index (χ0v) is 18.5. The van der Waals surface area contributed by atoms with Gasteiger partial charge in [-0.2, -0.15) is 9.97 Å². The van der Waals surface area contributed by atoms with Crippen molar-refractivity contribution in [3.05, 3.63) is 6.33 Å². The van der Waals surface area contributed by atoms with Crippen molar-refractivity contribution in [1.82, 2.24) is 19.5 Å². The number of nitrogens with one attached hydrogen (secondary N) is 1. The summed E-state index contributed by atoms with van der Waals surface area (Å²) in [6.45, 7) is 5.55. The van der Waals surface area contributed by atoms with Crippen LogP contribution in [0, 0.1) is 5.92 Å². The quantitative estimate of drug-likeness (QED) is 0.500. The zero-order chi connectivity index (χ0) is 23.8. The lowest BCUT2D eigenvalue weighted by molar-refractivity contribution is -0.160. The van der Waals surface area contributed by atoms with E-state index in [4.69, 9.17) is 25.7 Å². The summed E-state index contributed by atoms with van der Waals surface area (Å²) >= 11 is 0. The first-order valence-electron chi connectivity index (χ1n) is 10.1. The van der Waals surface area contributed by atoms with E-state index in [1.807, 2.05) is 0 Å². The number of carbonyl (C=O) groups is 2. The first-order valence-corrected chi connectivity index (χ1v) is 10.1. The van der Waals surface area contributed by atoms with E-state index >= 15 is 4.39 Å². The highest BCUT2D eigenvalue weighted by atomic mass is 19.1. The number of hydrogen-bond donors (Lipinski definition) is 3. The molecule has 5 atom stereocenters. The van der Waals surface area contributed by atoms with Gasteiger partial charge in [-0.15, -0.1) is 0 Å². The molecule has 0 aliphatic carbocycles. The molecule has 2 aromatic heterocycles. The number of aromatic nitrogens is 4. The monoisotopic (exact) mass is 453 g/mol. The predicted molar refractivity (Wildman–Crippen MR) is 112 cm³/mol. The van der Waals surface area contributed by atoms with Crippen LogP contribution in [0.5, 0.6) is 0 Å². The van der Waals surface area contributed by atoms with Gasteiger partial charge in [0.2, 0.25) is 5.95 Å². The van der Waals surface area contributed by atoms with Gasteiger partial charge in [-0.1, -0.05) is 13.8 Å². The molecular weight excluding hydrogens is 425 g/mol. The molecule has 0 amide bonds. The molecule has 1 aliphatic rings. The van der Waals surface area contributed by atoms with Gasteiger partial charge in [0.05, 0.1) is 6.33 Å². The number of imidazole rings is 1. The van der Waals surface area contributed by atoms with Crippen LogP contribution in [0.1, 0.15) is 33.9 Å². The van der Waals surface area contributed by atoms with Crippen LogP contribution in [0.15, 0.2) is 6.33 Å². The Bertz CT molecular complexity index is 1010. The molecule has 2 aromatic rings. The fourth-order valence-corrected chi connectivity index (χ4v) is 3.52. The smallest absolute Gasteiger partial charge is 0.323 e. The average Bonchev–Trinajstić information content (AvgIpc) is 3.23. The SMILES string of the molecule is CNc1nc(N)nc2c1ncn2[C@@H]1O[C@H](COC(=O)C(N)C(C)C)[C@@H](OC(C)=O)[C@@]1(C)F. The number of carbonyl (C=O) groups excluding carboxylic acids is 2. The number of ether oxygens (including phenoxy) is 3. The third-order valence-electron chi connectivity index (χ3n) is 5.28. The van der Waals surface area contributed by atoms with Crippen LogP contribution in [0.3, 0.4) is 0 Å². The first kappa shape index (κ1) is 23.6. The second-order valence-electron chi connectivity index (χ2n) is 8.11. The topological polar surface area (TPSA) is 170 Å². The van der Waals surface area contributed by atoms with Crippen LogP contribution in [0.4, 0.5) is 16.2 Å². The van der Waals surface area contributed by atoms with E-state index < -0.39 is 42.1 Å². The highest BCUT2D eigenvalue weighted by Crippen LogP contribution is 2.44. The van der Waals surface area contributed by atoms with Gasteiger partial charge in [0, 0.05) is 14.0 Å². The number of alkyl halides is 1. The lowest BCUT2D eigenvalue weighted by atomic mass is 9.98. The summed E-state index contributed by atoms with van der Waals surface area (Å²) in [5.74, 6) is -1.22. The van der Waals surface area contributed by atoms with Crippen molar-refractivity contribution in [2.24, 2.45) is 11.7 Å². The van der Waals surface area contributed by atoms with Crippen molar-refractivity contribution < 1.29 is 28.2 Å². The summed E-state index contributed by atoms with van der Waals surface area (Å²) in [6, 6.07) is -0.853. The molecule has 1 unspecified atom stereocenters. The molecule has 0 spiro atoms. The highest BCUT2D eigenvalue weighted by molar-refractivity contribution is 5.84. The van der Waals surface area contributed by atoms with Gasteiger partial charge in [-0.05, 0) is 12.8 Å². The van der Waals surface area contributed by atoms with E-state index in [0.717, 1.165) is 6.92 Å². The number of nitrogens with zero attached hydrogens (tertiary/aromatic N) is 4. The third-order valence-corrected chi connectivity index (χ3v) is 5.28. The van der Waals surface area contributed by atoms with Crippen molar-refractivity contribution in [3.63, 3.8) is 0 Å². The summed E-state index contributed by atoms with van der Waals surface area (Å²) in [5, 5.41) is 2.85. The highest BCUT2D eigenvalue weighted by Gasteiger charge is 2.58. The van der Waals surface area contributed by atoms with Crippen LogP contribution in [0.25, 0.3) is 11.2 Å². The molecule has 13 heteroatoms. The summed E-state index contributed by atoms with van der Waals surface area (Å²) in [6.07, 6.45) is -2.44. The summed E-state index contributed by atoms with van der Waals surface area (Å²) < 4.78 is 33.7. The van der Waals surface area contributed by atoms with Crippen molar-refractivity contribution in [2.75, 3.05) is 24.7 Å². The van der Waals surface area contributed by atoms with Crippen molar-refractivity contribution in [1.29, 1.82) is 0 Å². The third kappa shape index (κ3) is 4.30. The summed E-state index contributed by atoms with van der Waals surface area (Å²) in [7, 11) is 1.63.